The van der Waals surface area contributed by atoms with Crippen molar-refractivity contribution in [3.8, 4) is 0 Å². The summed E-state index contributed by atoms with van der Waals surface area (Å²) in [4.78, 5) is 39.2. The molecule has 0 bridgehead atoms. The first kappa shape index (κ1) is 18.0. The van der Waals surface area contributed by atoms with Crippen LogP contribution in [-0.4, -0.2) is 45.2 Å². The van der Waals surface area contributed by atoms with Crippen LogP contribution >= 0.6 is 0 Å². The smallest absolute Gasteiger partial charge is 0.328 e. The Bertz CT molecular complexity index is 335. The van der Waals surface area contributed by atoms with Gasteiger partial charge in [0.05, 0.1) is 0 Å². The molecule has 0 aliphatic heterocycles. The average Bonchev–Trinajstić information content (AvgIpc) is 2.23. The topological polar surface area (TPSA) is 181 Å². The summed E-state index contributed by atoms with van der Waals surface area (Å²) in [5.41, 5.74) is 9.81. The Morgan fingerprint density at radius 2 is 1.39 bits per heavy atom. The zero-order valence-electron chi connectivity index (χ0n) is 9.28. The van der Waals surface area contributed by atoms with E-state index in [0.29, 0.717) is 12.2 Å². The number of hydrogen-bond donors (Lipinski definition) is 5. The molecule has 0 aliphatic carbocycles. The molecule has 1 atom stereocenters. The van der Waals surface area contributed by atoms with Crippen LogP contribution < -0.4 is 11.5 Å². The fourth-order valence-electron chi connectivity index (χ4n) is 0.564. The molecule has 0 rings (SSSR count). The van der Waals surface area contributed by atoms with Gasteiger partial charge in [-0.2, -0.15) is 0 Å². The maximum absolute atomic E-state index is 10.1. The average molecular weight is 262 g/mol. The lowest BCUT2D eigenvalue weighted by Gasteiger charge is -2.01. The zero-order chi connectivity index (χ0) is 14.7. The Morgan fingerprint density at radius 3 is 1.61 bits per heavy atom. The molecule has 7 N–H and O–H groups in total. The van der Waals surface area contributed by atoms with Crippen LogP contribution in [0.4, 0.5) is 0 Å². The number of aliphatic carboxylic acids is 3. The number of carboxylic acids is 3. The minimum Gasteiger partial charge on any atom is -0.480 e. The van der Waals surface area contributed by atoms with Crippen molar-refractivity contribution in [2.45, 2.75) is 18.9 Å². The summed E-state index contributed by atoms with van der Waals surface area (Å²) in [6.07, 6.45) is 1.24. The predicted octanol–water partition coefficient (Wildman–Crippen LogP) is -1.62. The van der Waals surface area contributed by atoms with Crippen LogP contribution in [0.1, 0.15) is 12.8 Å². The van der Waals surface area contributed by atoms with E-state index in [1.807, 2.05) is 0 Å². The van der Waals surface area contributed by atoms with Gasteiger partial charge in [-0.3, -0.25) is 9.59 Å². The van der Waals surface area contributed by atoms with Crippen molar-refractivity contribution < 1.29 is 34.5 Å². The van der Waals surface area contributed by atoms with Gasteiger partial charge in [-0.15, -0.1) is 0 Å². The lowest BCUT2D eigenvalue weighted by Crippen LogP contribution is -2.31. The molecule has 9 heteroatoms. The van der Waals surface area contributed by atoms with Crippen molar-refractivity contribution in [1.82, 2.24) is 0 Å². The number of rotatable bonds is 6. The van der Waals surface area contributed by atoms with Gasteiger partial charge >= 0.3 is 17.9 Å². The Balaban J connectivity index is 0. The minimum atomic E-state index is -1.26. The molecule has 102 valence electrons. The number of nitrogens with two attached hydrogens (primary N) is 2. The van der Waals surface area contributed by atoms with Gasteiger partial charge in [0, 0.05) is 18.6 Å². The van der Waals surface area contributed by atoms with E-state index < -0.39 is 29.9 Å². The van der Waals surface area contributed by atoms with E-state index in [-0.39, 0.29) is 12.8 Å². The van der Waals surface area contributed by atoms with Crippen LogP contribution in [0.5, 0.6) is 0 Å². The van der Waals surface area contributed by atoms with Crippen LogP contribution in [-0.2, 0) is 19.2 Å². The van der Waals surface area contributed by atoms with E-state index in [0.717, 1.165) is 0 Å². The first-order chi connectivity index (χ1) is 8.16. The van der Waals surface area contributed by atoms with Gasteiger partial charge in [0.1, 0.15) is 6.04 Å². The Hall–Kier alpha value is -2.42. The molecule has 0 aromatic heterocycles. The molecule has 0 radical (unpaired) electrons. The quantitative estimate of drug-likeness (QED) is 0.353. The van der Waals surface area contributed by atoms with Crippen molar-refractivity contribution in [2.24, 2.45) is 11.5 Å². The largest absolute Gasteiger partial charge is 0.480 e. The van der Waals surface area contributed by atoms with Gasteiger partial charge < -0.3 is 26.8 Å². The van der Waals surface area contributed by atoms with E-state index in [1.54, 1.807) is 0 Å². The highest BCUT2D eigenvalue weighted by Gasteiger charge is 2.11. The second kappa shape index (κ2) is 9.78. The third kappa shape index (κ3) is 16.0. The molecular weight excluding hydrogens is 248 g/mol. The second-order valence-electron chi connectivity index (χ2n) is 2.96. The van der Waals surface area contributed by atoms with Gasteiger partial charge in [-0.05, 0) is 6.42 Å². The normalized spacial score (nSPS) is 11.2. The lowest BCUT2D eigenvalue weighted by atomic mass is 10.2. The molecule has 0 saturated carbocycles. The zero-order valence-corrected chi connectivity index (χ0v) is 9.28. The second-order valence-corrected chi connectivity index (χ2v) is 2.96. The summed E-state index contributed by atoms with van der Waals surface area (Å²) in [6, 6.07) is -0.979. The number of amides is 1. The van der Waals surface area contributed by atoms with Gasteiger partial charge in [-0.1, -0.05) is 0 Å². The number of hydrogen-bond acceptors (Lipinski definition) is 5. The highest BCUT2D eigenvalue weighted by Crippen LogP contribution is 1.92. The summed E-state index contributed by atoms with van der Waals surface area (Å²) < 4.78 is 0. The fourth-order valence-corrected chi connectivity index (χ4v) is 0.564. The molecule has 0 heterocycles. The predicted molar refractivity (Wildman–Crippen MR) is 58.5 cm³/mol. The molecule has 0 fully saturated rings. The molecule has 1 amide bonds. The molecule has 0 aromatic carbocycles. The molecule has 9 nitrogen and oxygen atoms in total. The van der Waals surface area contributed by atoms with Crippen LogP contribution in [0.25, 0.3) is 0 Å². The molecule has 0 unspecified atom stereocenters. The molecule has 0 saturated heterocycles. The van der Waals surface area contributed by atoms with Crippen molar-refractivity contribution in [2.75, 3.05) is 0 Å². The molecule has 18 heavy (non-hydrogen) atoms. The highest BCUT2D eigenvalue weighted by atomic mass is 16.4. The highest BCUT2D eigenvalue weighted by molar-refractivity contribution is 5.89. The maximum Gasteiger partial charge on any atom is 0.328 e. The number of primary amides is 1. The Morgan fingerprint density at radius 1 is 1.00 bits per heavy atom. The summed E-state index contributed by atoms with van der Waals surface area (Å²) in [5.74, 6) is -4.15. The van der Waals surface area contributed by atoms with Gasteiger partial charge in [0.2, 0.25) is 5.91 Å². The third-order valence-corrected chi connectivity index (χ3v) is 1.39. The van der Waals surface area contributed by atoms with Gasteiger partial charge in [0.15, 0.2) is 0 Å². The van der Waals surface area contributed by atoms with E-state index in [9.17, 15) is 19.2 Å². The molecular formula is C9H14N2O7. The first-order valence-electron chi connectivity index (χ1n) is 4.57. The standard InChI is InChI=1S/C5H10N2O3.C4H4O4/c6-3(5(9)10)1-2-4(7)8;5-3(6)1-2-4(7)8/h3H,1-2,6H2,(H2,7,8)(H,9,10);1-2H,(H,5,6)(H,7,8)/b;2-1+/t3-;/m0./s1. The Labute approximate surface area is 102 Å². The Kier molecular flexibility index (Phi) is 9.76. The third-order valence-electron chi connectivity index (χ3n) is 1.39. The molecule has 0 aliphatic rings. The van der Waals surface area contributed by atoms with Crippen LogP contribution in [0.15, 0.2) is 12.2 Å². The molecule has 0 aromatic rings. The lowest BCUT2D eigenvalue weighted by molar-refractivity contribution is -0.138. The minimum absolute atomic E-state index is 0.0213. The number of carbonyl (C=O) groups is 4. The van der Waals surface area contributed by atoms with Crippen LogP contribution in [0, 0.1) is 0 Å². The number of carboxylic acid groups (broad SMARTS) is 3. The van der Waals surface area contributed by atoms with Gasteiger partial charge in [-0.25, -0.2) is 9.59 Å². The van der Waals surface area contributed by atoms with Crippen molar-refractivity contribution in [1.29, 1.82) is 0 Å². The van der Waals surface area contributed by atoms with Crippen molar-refractivity contribution in [3.63, 3.8) is 0 Å². The molecule has 0 spiro atoms. The van der Waals surface area contributed by atoms with E-state index >= 15 is 0 Å². The monoisotopic (exact) mass is 262 g/mol. The summed E-state index contributed by atoms with van der Waals surface area (Å²) in [6.45, 7) is 0. The number of carbonyl (C=O) groups excluding carboxylic acids is 1. The summed E-state index contributed by atoms with van der Waals surface area (Å²) >= 11 is 0. The maximum atomic E-state index is 10.1. The first-order valence-corrected chi connectivity index (χ1v) is 4.57. The summed E-state index contributed by atoms with van der Waals surface area (Å²) in [5, 5.41) is 23.8. The van der Waals surface area contributed by atoms with Crippen molar-refractivity contribution >= 4 is 23.8 Å². The van der Waals surface area contributed by atoms with E-state index in [4.69, 9.17) is 26.8 Å². The van der Waals surface area contributed by atoms with Crippen molar-refractivity contribution in [3.05, 3.63) is 12.2 Å². The van der Waals surface area contributed by atoms with Crippen LogP contribution in [0.2, 0.25) is 0 Å². The summed E-state index contributed by atoms with van der Waals surface area (Å²) in [7, 11) is 0. The van der Waals surface area contributed by atoms with E-state index in [1.165, 1.54) is 0 Å². The fraction of sp³-hybridized carbons (Fsp3) is 0.333. The van der Waals surface area contributed by atoms with E-state index in [2.05, 4.69) is 0 Å². The van der Waals surface area contributed by atoms with Crippen LogP contribution in [0.3, 0.4) is 0 Å². The SMILES string of the molecule is NC(=O)CC[C@H](N)C(=O)O.O=C(O)/C=C/C(=O)O. The van der Waals surface area contributed by atoms with Gasteiger partial charge in [0.25, 0.3) is 0 Å².